The molecule has 0 bridgehead atoms. The first-order valence-corrected chi connectivity index (χ1v) is 5.67. The molecule has 1 aromatic heterocycles. The van der Waals surface area contributed by atoms with Crippen LogP contribution in [0.25, 0.3) is 0 Å². The quantitative estimate of drug-likeness (QED) is 0.380. The minimum Gasteiger partial charge on any atom is -0.479 e. The number of carboxylic acids is 1. The van der Waals surface area contributed by atoms with Crippen LogP contribution in [0.3, 0.4) is 0 Å². The van der Waals surface area contributed by atoms with Gasteiger partial charge in [-0.15, -0.1) is 0 Å². The fraction of sp³-hybridized carbons (Fsp3) is 0.500. The molecule has 1 aromatic rings. The number of aromatic nitrogens is 2. The van der Waals surface area contributed by atoms with Crippen LogP contribution in [0.5, 0.6) is 0 Å². The minimum absolute atomic E-state index is 0.381. The summed E-state index contributed by atoms with van der Waals surface area (Å²) in [6.45, 7) is 0. The van der Waals surface area contributed by atoms with E-state index >= 15 is 0 Å². The lowest BCUT2D eigenvalue weighted by Gasteiger charge is -2.39. The topological polar surface area (TPSA) is 162 Å². The summed E-state index contributed by atoms with van der Waals surface area (Å²) in [6, 6.07) is 0. The van der Waals surface area contributed by atoms with E-state index in [2.05, 4.69) is 0 Å². The molecule has 0 spiro atoms. The molecule has 2 rings (SSSR count). The number of carbonyl (C=O) groups is 1. The molecular formula is C10H11FN2O8. The normalized spacial score (nSPS) is 32.9. The minimum atomic E-state index is -1.95. The second-order valence-corrected chi connectivity index (χ2v) is 4.40. The molecule has 21 heavy (non-hydrogen) atoms. The Bertz CT molecular complexity index is 670. The predicted octanol–water partition coefficient (Wildman–Crippen LogP) is -3.26. The lowest BCUT2D eigenvalue weighted by atomic mass is 9.98. The van der Waals surface area contributed by atoms with Gasteiger partial charge in [0.05, 0.1) is 6.20 Å². The first-order chi connectivity index (χ1) is 9.73. The Morgan fingerprint density at radius 2 is 1.86 bits per heavy atom. The predicted molar refractivity (Wildman–Crippen MR) is 60.8 cm³/mol. The maximum atomic E-state index is 13.2. The van der Waals surface area contributed by atoms with Crippen molar-refractivity contribution in [3.63, 3.8) is 0 Å². The molecule has 1 aliphatic rings. The van der Waals surface area contributed by atoms with Gasteiger partial charge in [0.1, 0.15) is 18.3 Å². The number of hydrogen-bond donors (Lipinski definition) is 5. The van der Waals surface area contributed by atoms with Gasteiger partial charge in [-0.05, 0) is 0 Å². The van der Waals surface area contributed by atoms with Gasteiger partial charge in [0.2, 0.25) is 5.82 Å². The van der Waals surface area contributed by atoms with Crippen molar-refractivity contribution < 1.29 is 34.3 Å². The molecule has 1 fully saturated rings. The molecule has 5 N–H and O–H groups in total. The van der Waals surface area contributed by atoms with Crippen molar-refractivity contribution in [1.82, 2.24) is 9.55 Å². The summed E-state index contributed by atoms with van der Waals surface area (Å²) >= 11 is 0. The summed E-state index contributed by atoms with van der Waals surface area (Å²) in [6.07, 6.45) is -9.17. The molecule has 0 radical (unpaired) electrons. The van der Waals surface area contributed by atoms with Crippen molar-refractivity contribution >= 4 is 5.97 Å². The van der Waals surface area contributed by atoms with Crippen molar-refractivity contribution in [3.8, 4) is 0 Å². The van der Waals surface area contributed by atoms with E-state index in [-0.39, 0.29) is 0 Å². The summed E-state index contributed by atoms with van der Waals surface area (Å²) in [5.41, 5.74) is -2.49. The van der Waals surface area contributed by atoms with Gasteiger partial charge in [0, 0.05) is 0 Å². The van der Waals surface area contributed by atoms with Crippen molar-refractivity contribution in [3.05, 3.63) is 32.9 Å². The summed E-state index contributed by atoms with van der Waals surface area (Å²) in [5.74, 6) is -3.03. The standard InChI is InChI=1S/C10H11FN2O8/c11-2-1-13(10(20)12-7(2)17)8-5(16)3(14)4(15)6(21-8)9(18)19/h1,3-6,8,14-16H,(H,18,19)(H,12,17,20)/t3?,4-,5?,6?,8-/m1/s1. The van der Waals surface area contributed by atoms with E-state index in [1.165, 1.54) is 0 Å². The summed E-state index contributed by atoms with van der Waals surface area (Å²) in [5, 5.41) is 37.7. The first kappa shape index (κ1) is 15.3. The maximum Gasteiger partial charge on any atom is 0.335 e. The summed E-state index contributed by atoms with van der Waals surface area (Å²) in [4.78, 5) is 35.0. The van der Waals surface area contributed by atoms with Crippen molar-refractivity contribution in [2.24, 2.45) is 0 Å². The number of rotatable bonds is 2. The van der Waals surface area contributed by atoms with Crippen LogP contribution >= 0.6 is 0 Å². The van der Waals surface area contributed by atoms with Gasteiger partial charge < -0.3 is 25.2 Å². The van der Waals surface area contributed by atoms with Gasteiger partial charge in [-0.3, -0.25) is 14.3 Å². The summed E-state index contributed by atoms with van der Waals surface area (Å²) in [7, 11) is 0. The fourth-order valence-electron chi connectivity index (χ4n) is 1.95. The average Bonchev–Trinajstić information content (AvgIpc) is 2.41. The Balaban J connectivity index is 2.47. The van der Waals surface area contributed by atoms with Crippen LogP contribution < -0.4 is 11.2 Å². The van der Waals surface area contributed by atoms with E-state index < -0.39 is 53.7 Å². The third kappa shape index (κ3) is 2.58. The number of nitrogens with zero attached hydrogens (tertiary/aromatic N) is 1. The molecule has 1 saturated heterocycles. The number of ether oxygens (including phenoxy) is 1. The average molecular weight is 306 g/mol. The number of aliphatic hydroxyl groups is 3. The van der Waals surface area contributed by atoms with Crippen molar-refractivity contribution in [1.29, 1.82) is 0 Å². The first-order valence-electron chi connectivity index (χ1n) is 5.67. The van der Waals surface area contributed by atoms with Crippen LogP contribution in [0.15, 0.2) is 15.8 Å². The molecule has 0 aliphatic carbocycles. The highest BCUT2D eigenvalue weighted by molar-refractivity contribution is 5.73. The van der Waals surface area contributed by atoms with Gasteiger partial charge in [-0.25, -0.2) is 9.59 Å². The largest absolute Gasteiger partial charge is 0.479 e. The Morgan fingerprint density at radius 3 is 2.43 bits per heavy atom. The number of nitrogens with one attached hydrogen (secondary N) is 1. The maximum absolute atomic E-state index is 13.2. The lowest BCUT2D eigenvalue weighted by Crippen LogP contribution is -2.59. The highest BCUT2D eigenvalue weighted by atomic mass is 19.1. The number of carboxylic acid groups (broad SMARTS) is 1. The lowest BCUT2D eigenvalue weighted by molar-refractivity contribution is -0.247. The van der Waals surface area contributed by atoms with E-state index in [0.717, 1.165) is 0 Å². The molecule has 0 amide bonds. The smallest absolute Gasteiger partial charge is 0.335 e. The number of hydrogen-bond acceptors (Lipinski definition) is 7. The molecule has 1 aliphatic heterocycles. The van der Waals surface area contributed by atoms with E-state index in [0.29, 0.717) is 10.8 Å². The van der Waals surface area contributed by atoms with Crippen LogP contribution in [0.4, 0.5) is 4.39 Å². The monoisotopic (exact) mass is 306 g/mol. The molecular weight excluding hydrogens is 295 g/mol. The second-order valence-electron chi connectivity index (χ2n) is 4.40. The molecule has 0 saturated carbocycles. The third-order valence-corrected chi connectivity index (χ3v) is 3.03. The SMILES string of the molecule is O=C(O)C1O[C@@H](n2cc(F)c(=O)[nH]c2=O)C(O)C(O)[C@H]1O. The van der Waals surface area contributed by atoms with Crippen LogP contribution in [-0.2, 0) is 9.53 Å². The second kappa shape index (κ2) is 5.37. The fourth-order valence-corrected chi connectivity index (χ4v) is 1.95. The Labute approximate surface area is 114 Å². The highest BCUT2D eigenvalue weighted by Gasteiger charge is 2.48. The number of aliphatic carboxylic acids is 1. The molecule has 3 unspecified atom stereocenters. The number of H-pyrrole nitrogens is 1. The van der Waals surface area contributed by atoms with Crippen molar-refractivity contribution in [2.75, 3.05) is 0 Å². The Kier molecular flexibility index (Phi) is 3.91. The Hall–Kier alpha value is -2.08. The van der Waals surface area contributed by atoms with Gasteiger partial charge in [0.25, 0.3) is 5.56 Å². The number of aliphatic hydroxyl groups excluding tert-OH is 3. The molecule has 116 valence electrons. The van der Waals surface area contributed by atoms with Gasteiger partial charge >= 0.3 is 11.7 Å². The number of halogens is 1. The molecule has 11 heteroatoms. The molecule has 0 aromatic carbocycles. The van der Waals surface area contributed by atoms with Gasteiger partial charge in [-0.2, -0.15) is 4.39 Å². The van der Waals surface area contributed by atoms with Crippen LogP contribution in [0.1, 0.15) is 6.23 Å². The molecule has 10 nitrogen and oxygen atoms in total. The zero-order valence-electron chi connectivity index (χ0n) is 10.2. The highest BCUT2D eigenvalue weighted by Crippen LogP contribution is 2.27. The van der Waals surface area contributed by atoms with Gasteiger partial charge in [-0.1, -0.05) is 0 Å². The van der Waals surface area contributed by atoms with E-state index in [1.807, 2.05) is 0 Å². The molecule has 2 heterocycles. The Morgan fingerprint density at radius 1 is 1.24 bits per heavy atom. The van der Waals surface area contributed by atoms with Crippen LogP contribution in [0.2, 0.25) is 0 Å². The van der Waals surface area contributed by atoms with E-state index in [9.17, 15) is 34.1 Å². The van der Waals surface area contributed by atoms with Gasteiger partial charge in [0.15, 0.2) is 12.3 Å². The van der Waals surface area contributed by atoms with Crippen LogP contribution in [-0.4, -0.2) is 60.4 Å². The zero-order valence-corrected chi connectivity index (χ0v) is 10.2. The summed E-state index contributed by atoms with van der Waals surface area (Å²) < 4.78 is 18.4. The zero-order chi connectivity index (χ0) is 15.9. The van der Waals surface area contributed by atoms with Crippen LogP contribution in [0, 0.1) is 5.82 Å². The van der Waals surface area contributed by atoms with E-state index in [1.54, 1.807) is 4.98 Å². The molecule has 5 atom stereocenters. The van der Waals surface area contributed by atoms with E-state index in [4.69, 9.17) is 9.84 Å². The third-order valence-electron chi connectivity index (χ3n) is 3.03. The van der Waals surface area contributed by atoms with Crippen molar-refractivity contribution in [2.45, 2.75) is 30.6 Å². The number of aromatic amines is 1.